The van der Waals surface area contributed by atoms with E-state index in [0.717, 1.165) is 11.2 Å². The lowest BCUT2D eigenvalue weighted by Crippen LogP contribution is -2.07. The summed E-state index contributed by atoms with van der Waals surface area (Å²) in [4.78, 5) is 15.1. The number of hydrogen-bond donors (Lipinski definition) is 1. The molecule has 0 aliphatic heterocycles. The SMILES string of the molecule is CCOc1cccc2c(=O)cc(COC)[nH]c12. The van der Waals surface area contributed by atoms with Crippen molar-refractivity contribution < 1.29 is 9.47 Å². The lowest BCUT2D eigenvalue weighted by atomic mass is 10.2. The van der Waals surface area contributed by atoms with Crippen LogP contribution in [0.1, 0.15) is 12.6 Å². The van der Waals surface area contributed by atoms with Gasteiger partial charge in [0, 0.05) is 24.3 Å². The second-order valence-electron chi connectivity index (χ2n) is 3.70. The van der Waals surface area contributed by atoms with Gasteiger partial charge >= 0.3 is 0 Å². The van der Waals surface area contributed by atoms with Gasteiger partial charge in [0.1, 0.15) is 5.75 Å². The molecular formula is C13H15NO3. The second-order valence-corrected chi connectivity index (χ2v) is 3.70. The van der Waals surface area contributed by atoms with Crippen LogP contribution in [0.15, 0.2) is 29.1 Å². The van der Waals surface area contributed by atoms with Crippen molar-refractivity contribution >= 4 is 10.9 Å². The van der Waals surface area contributed by atoms with Gasteiger partial charge in [-0.1, -0.05) is 6.07 Å². The van der Waals surface area contributed by atoms with Crippen molar-refractivity contribution in [1.82, 2.24) is 4.98 Å². The molecule has 17 heavy (non-hydrogen) atoms. The number of aromatic amines is 1. The summed E-state index contributed by atoms with van der Waals surface area (Å²) in [5.41, 5.74) is 1.46. The number of H-pyrrole nitrogens is 1. The van der Waals surface area contributed by atoms with Gasteiger partial charge in [0.25, 0.3) is 0 Å². The van der Waals surface area contributed by atoms with E-state index in [1.54, 1.807) is 19.2 Å². The highest BCUT2D eigenvalue weighted by atomic mass is 16.5. The zero-order valence-corrected chi connectivity index (χ0v) is 9.95. The van der Waals surface area contributed by atoms with Gasteiger partial charge < -0.3 is 14.5 Å². The molecule has 0 unspecified atom stereocenters. The fourth-order valence-corrected chi connectivity index (χ4v) is 1.81. The number of pyridine rings is 1. The molecule has 0 fully saturated rings. The van der Waals surface area contributed by atoms with Crippen molar-refractivity contribution in [3.05, 3.63) is 40.2 Å². The molecule has 4 nitrogen and oxygen atoms in total. The number of rotatable bonds is 4. The first kappa shape index (κ1) is 11.7. The molecule has 0 bridgehead atoms. The number of fused-ring (bicyclic) bond motifs is 1. The first-order valence-corrected chi connectivity index (χ1v) is 5.53. The second kappa shape index (κ2) is 5.01. The summed E-state index contributed by atoms with van der Waals surface area (Å²) in [7, 11) is 1.59. The Morgan fingerprint density at radius 3 is 2.88 bits per heavy atom. The Balaban J connectivity index is 2.65. The largest absolute Gasteiger partial charge is 0.492 e. The fraction of sp³-hybridized carbons (Fsp3) is 0.308. The lowest BCUT2D eigenvalue weighted by molar-refractivity contribution is 0.181. The van der Waals surface area contributed by atoms with E-state index in [2.05, 4.69) is 4.98 Å². The van der Waals surface area contributed by atoms with E-state index < -0.39 is 0 Å². The van der Waals surface area contributed by atoms with Crippen molar-refractivity contribution in [2.45, 2.75) is 13.5 Å². The fourth-order valence-electron chi connectivity index (χ4n) is 1.81. The predicted octanol–water partition coefficient (Wildman–Crippen LogP) is 2.07. The summed E-state index contributed by atoms with van der Waals surface area (Å²) >= 11 is 0. The van der Waals surface area contributed by atoms with E-state index >= 15 is 0 Å². The Hall–Kier alpha value is -1.81. The zero-order valence-electron chi connectivity index (χ0n) is 9.95. The van der Waals surface area contributed by atoms with Crippen molar-refractivity contribution in [3.63, 3.8) is 0 Å². The molecule has 0 radical (unpaired) electrons. The first-order chi connectivity index (χ1) is 8.26. The van der Waals surface area contributed by atoms with E-state index in [0.29, 0.717) is 24.3 Å². The van der Waals surface area contributed by atoms with Crippen molar-refractivity contribution in [2.24, 2.45) is 0 Å². The Morgan fingerprint density at radius 1 is 1.35 bits per heavy atom. The van der Waals surface area contributed by atoms with Crippen LogP contribution in [0.4, 0.5) is 0 Å². The minimum atomic E-state index is -0.0210. The maximum Gasteiger partial charge on any atom is 0.189 e. The normalized spacial score (nSPS) is 10.7. The van der Waals surface area contributed by atoms with Crippen LogP contribution in [-0.4, -0.2) is 18.7 Å². The molecule has 0 aliphatic carbocycles. The monoisotopic (exact) mass is 233 g/mol. The Labute approximate surface area is 99.2 Å². The van der Waals surface area contributed by atoms with Crippen molar-refractivity contribution in [2.75, 3.05) is 13.7 Å². The maximum atomic E-state index is 11.9. The lowest BCUT2D eigenvalue weighted by Gasteiger charge is -2.08. The smallest absolute Gasteiger partial charge is 0.189 e. The molecule has 90 valence electrons. The molecule has 0 atom stereocenters. The van der Waals surface area contributed by atoms with Crippen LogP contribution >= 0.6 is 0 Å². The van der Waals surface area contributed by atoms with Gasteiger partial charge in [-0.2, -0.15) is 0 Å². The quantitative estimate of drug-likeness (QED) is 0.879. The van der Waals surface area contributed by atoms with Gasteiger partial charge in [-0.3, -0.25) is 4.79 Å². The number of aromatic nitrogens is 1. The van der Waals surface area contributed by atoms with Gasteiger partial charge in [-0.05, 0) is 19.1 Å². The molecule has 0 spiro atoms. The molecule has 4 heteroatoms. The summed E-state index contributed by atoms with van der Waals surface area (Å²) in [5, 5.41) is 0.635. The third kappa shape index (κ3) is 2.31. The topological polar surface area (TPSA) is 51.3 Å². The maximum absolute atomic E-state index is 11.9. The number of benzene rings is 1. The van der Waals surface area contributed by atoms with E-state index in [4.69, 9.17) is 9.47 Å². The highest BCUT2D eigenvalue weighted by Gasteiger charge is 2.06. The van der Waals surface area contributed by atoms with Crippen LogP contribution < -0.4 is 10.2 Å². The summed E-state index contributed by atoms with van der Waals surface area (Å²) < 4.78 is 10.5. The first-order valence-electron chi connectivity index (χ1n) is 5.53. The summed E-state index contributed by atoms with van der Waals surface area (Å²) in [5.74, 6) is 0.694. The van der Waals surface area contributed by atoms with Crippen LogP contribution in [0.3, 0.4) is 0 Å². The van der Waals surface area contributed by atoms with E-state index in [9.17, 15) is 4.79 Å². The number of methoxy groups -OCH3 is 1. The highest BCUT2D eigenvalue weighted by Crippen LogP contribution is 2.21. The van der Waals surface area contributed by atoms with E-state index in [1.807, 2.05) is 19.1 Å². The molecule has 2 aromatic rings. The molecular weight excluding hydrogens is 218 g/mol. The van der Waals surface area contributed by atoms with Gasteiger partial charge in [-0.15, -0.1) is 0 Å². The Kier molecular flexibility index (Phi) is 3.44. The van der Waals surface area contributed by atoms with Crippen molar-refractivity contribution in [3.8, 4) is 5.75 Å². The average Bonchev–Trinajstić information content (AvgIpc) is 2.31. The number of nitrogens with one attached hydrogen (secondary N) is 1. The number of ether oxygens (including phenoxy) is 2. The third-order valence-corrected chi connectivity index (χ3v) is 2.48. The molecule has 0 saturated carbocycles. The Bertz CT molecular complexity index is 574. The molecule has 0 amide bonds. The minimum Gasteiger partial charge on any atom is -0.492 e. The van der Waals surface area contributed by atoms with E-state index in [1.165, 1.54) is 0 Å². The Morgan fingerprint density at radius 2 is 2.18 bits per heavy atom. The number of para-hydroxylation sites is 1. The molecule has 1 N–H and O–H groups in total. The molecule has 1 heterocycles. The highest BCUT2D eigenvalue weighted by molar-refractivity contribution is 5.84. The van der Waals surface area contributed by atoms with E-state index in [-0.39, 0.29) is 5.43 Å². The van der Waals surface area contributed by atoms with Crippen LogP contribution in [0.2, 0.25) is 0 Å². The minimum absolute atomic E-state index is 0.0210. The van der Waals surface area contributed by atoms with Gasteiger partial charge in [0.2, 0.25) is 0 Å². The summed E-state index contributed by atoms with van der Waals surface area (Å²) in [6.07, 6.45) is 0. The third-order valence-electron chi connectivity index (χ3n) is 2.48. The van der Waals surface area contributed by atoms with Gasteiger partial charge in [-0.25, -0.2) is 0 Å². The van der Waals surface area contributed by atoms with Gasteiger partial charge in [0.05, 0.1) is 18.7 Å². The zero-order chi connectivity index (χ0) is 12.3. The van der Waals surface area contributed by atoms with Crippen LogP contribution in [0, 0.1) is 0 Å². The molecule has 0 aliphatic rings. The molecule has 1 aromatic heterocycles. The predicted molar refractivity (Wildman–Crippen MR) is 66.5 cm³/mol. The summed E-state index contributed by atoms with van der Waals surface area (Å²) in [6.45, 7) is 2.86. The molecule has 0 saturated heterocycles. The van der Waals surface area contributed by atoms with Crippen LogP contribution in [0.5, 0.6) is 5.75 Å². The van der Waals surface area contributed by atoms with Crippen LogP contribution in [-0.2, 0) is 11.3 Å². The average molecular weight is 233 g/mol. The van der Waals surface area contributed by atoms with Gasteiger partial charge in [0.15, 0.2) is 5.43 Å². The summed E-state index contributed by atoms with van der Waals surface area (Å²) in [6, 6.07) is 7.01. The number of hydrogen-bond acceptors (Lipinski definition) is 3. The van der Waals surface area contributed by atoms with Crippen molar-refractivity contribution in [1.29, 1.82) is 0 Å². The van der Waals surface area contributed by atoms with Crippen LogP contribution in [0.25, 0.3) is 10.9 Å². The molecule has 1 aromatic carbocycles. The molecule has 2 rings (SSSR count). The standard InChI is InChI=1S/C13H15NO3/c1-3-17-12-6-4-5-10-11(15)7-9(8-16-2)14-13(10)12/h4-7H,3,8H2,1-2H3,(H,14,15).